The van der Waals surface area contributed by atoms with Crippen LogP contribution in [0.1, 0.15) is 60.7 Å². The van der Waals surface area contributed by atoms with Crippen LogP contribution in [0, 0.1) is 11.8 Å². The largest absolute Gasteiger partial charge is 0.397 e. The fourth-order valence-electron chi connectivity index (χ4n) is 2.84. The van der Waals surface area contributed by atoms with Crippen LogP contribution in [0.5, 0.6) is 0 Å². The molecule has 0 atom stereocenters. The Morgan fingerprint density at radius 1 is 1.35 bits per heavy atom. The normalized spacial score (nSPS) is 18.6. The number of hydrogen-bond acceptors (Lipinski definition) is 4. The zero-order chi connectivity index (χ0) is 14.4. The minimum Gasteiger partial charge on any atom is -0.397 e. The Hall–Kier alpha value is -1.03. The van der Waals surface area contributed by atoms with Crippen LogP contribution in [-0.4, -0.2) is 19.4 Å². The van der Waals surface area contributed by atoms with Crippen molar-refractivity contribution in [2.75, 3.05) is 24.2 Å². The van der Waals surface area contributed by atoms with Gasteiger partial charge in [-0.15, -0.1) is 11.3 Å². The van der Waals surface area contributed by atoms with Crippen molar-refractivity contribution in [2.24, 2.45) is 11.8 Å². The standard InChI is InChI=1S/C16H24N2OS/c1-9(2)8-18(3)16-12(10-4-5-10)13(17)15(20-16)14(19)11-6-7-11/h9-11H,4-8,17H2,1-3H3. The maximum Gasteiger partial charge on any atom is 0.178 e. The van der Waals surface area contributed by atoms with Crippen LogP contribution in [0.2, 0.25) is 0 Å². The van der Waals surface area contributed by atoms with Gasteiger partial charge in [0.05, 0.1) is 15.6 Å². The summed E-state index contributed by atoms with van der Waals surface area (Å²) in [6.07, 6.45) is 4.54. The van der Waals surface area contributed by atoms with E-state index in [2.05, 4.69) is 25.8 Å². The smallest absolute Gasteiger partial charge is 0.178 e. The average molecular weight is 292 g/mol. The van der Waals surface area contributed by atoms with Gasteiger partial charge in [0, 0.05) is 25.1 Å². The van der Waals surface area contributed by atoms with E-state index in [9.17, 15) is 4.79 Å². The molecule has 0 spiro atoms. The van der Waals surface area contributed by atoms with E-state index in [0.29, 0.717) is 17.6 Å². The summed E-state index contributed by atoms with van der Waals surface area (Å²) in [7, 11) is 2.13. The number of Topliss-reactive ketones (excluding diaryl/α,β-unsaturated/α-hetero) is 1. The number of anilines is 2. The molecule has 0 unspecified atom stereocenters. The Balaban J connectivity index is 1.95. The first-order valence-corrected chi connectivity index (χ1v) is 8.48. The van der Waals surface area contributed by atoms with Crippen molar-refractivity contribution >= 4 is 27.8 Å². The molecule has 0 amide bonds. The van der Waals surface area contributed by atoms with Gasteiger partial charge in [0.2, 0.25) is 0 Å². The molecule has 110 valence electrons. The molecule has 0 aliphatic heterocycles. The predicted octanol–water partition coefficient (Wildman–Crippen LogP) is 3.89. The van der Waals surface area contributed by atoms with Crippen LogP contribution in [-0.2, 0) is 0 Å². The van der Waals surface area contributed by atoms with E-state index in [4.69, 9.17) is 5.73 Å². The maximum atomic E-state index is 12.4. The minimum absolute atomic E-state index is 0.256. The molecule has 2 fully saturated rings. The number of nitrogens with two attached hydrogens (primary N) is 1. The van der Waals surface area contributed by atoms with Crippen molar-refractivity contribution in [1.82, 2.24) is 0 Å². The molecule has 2 aliphatic carbocycles. The van der Waals surface area contributed by atoms with Gasteiger partial charge in [-0.2, -0.15) is 0 Å². The van der Waals surface area contributed by atoms with Gasteiger partial charge < -0.3 is 10.6 Å². The first-order valence-electron chi connectivity index (χ1n) is 7.66. The molecule has 0 radical (unpaired) electrons. The van der Waals surface area contributed by atoms with Crippen LogP contribution in [0.3, 0.4) is 0 Å². The summed E-state index contributed by atoms with van der Waals surface area (Å²) in [4.78, 5) is 15.5. The molecule has 1 aromatic rings. The van der Waals surface area contributed by atoms with E-state index in [1.165, 1.54) is 23.4 Å². The average Bonchev–Trinajstić information content (AvgIpc) is 3.24. The molecule has 2 aliphatic rings. The summed E-state index contributed by atoms with van der Waals surface area (Å²) < 4.78 is 0. The Labute approximate surface area is 125 Å². The Kier molecular flexibility index (Phi) is 3.53. The van der Waals surface area contributed by atoms with Crippen molar-refractivity contribution < 1.29 is 4.79 Å². The molecule has 3 rings (SSSR count). The molecule has 3 nitrogen and oxygen atoms in total. The van der Waals surface area contributed by atoms with Crippen molar-refractivity contribution in [3.8, 4) is 0 Å². The first-order chi connectivity index (χ1) is 9.49. The molecule has 1 aromatic heterocycles. The number of carbonyl (C=O) groups excluding carboxylic acids is 1. The minimum atomic E-state index is 0.256. The van der Waals surface area contributed by atoms with Gasteiger partial charge in [-0.05, 0) is 37.5 Å². The third-order valence-corrected chi connectivity index (χ3v) is 5.46. The summed E-state index contributed by atoms with van der Waals surface area (Å²) in [5.74, 6) is 1.75. The van der Waals surface area contributed by atoms with Crippen LogP contribution in [0.4, 0.5) is 10.7 Å². The lowest BCUT2D eigenvalue weighted by Gasteiger charge is -2.21. The number of nitrogen functional groups attached to an aromatic ring is 1. The maximum absolute atomic E-state index is 12.4. The third kappa shape index (κ3) is 2.58. The highest BCUT2D eigenvalue weighted by molar-refractivity contribution is 7.19. The number of rotatable bonds is 6. The van der Waals surface area contributed by atoms with Gasteiger partial charge in [-0.25, -0.2) is 0 Å². The fraction of sp³-hybridized carbons (Fsp3) is 0.688. The van der Waals surface area contributed by atoms with E-state index in [1.54, 1.807) is 11.3 Å². The number of thiophene rings is 1. The Morgan fingerprint density at radius 2 is 2.00 bits per heavy atom. The summed E-state index contributed by atoms with van der Waals surface area (Å²) in [6, 6.07) is 0. The van der Waals surface area contributed by atoms with Crippen molar-refractivity contribution in [3.05, 3.63) is 10.4 Å². The van der Waals surface area contributed by atoms with E-state index in [1.807, 2.05) is 0 Å². The molecule has 20 heavy (non-hydrogen) atoms. The number of carbonyl (C=O) groups is 1. The number of nitrogens with zero attached hydrogens (tertiary/aromatic N) is 1. The van der Waals surface area contributed by atoms with Crippen LogP contribution < -0.4 is 10.6 Å². The SMILES string of the molecule is CC(C)CN(C)c1sc(C(=O)C2CC2)c(N)c1C1CC1. The highest BCUT2D eigenvalue weighted by Gasteiger charge is 2.38. The quantitative estimate of drug-likeness (QED) is 0.809. The summed E-state index contributed by atoms with van der Waals surface area (Å²) in [5.41, 5.74) is 8.40. The van der Waals surface area contributed by atoms with E-state index < -0.39 is 0 Å². The van der Waals surface area contributed by atoms with Gasteiger partial charge in [-0.1, -0.05) is 13.8 Å². The topological polar surface area (TPSA) is 46.3 Å². The second kappa shape index (κ2) is 5.06. The Morgan fingerprint density at radius 3 is 2.50 bits per heavy atom. The molecule has 4 heteroatoms. The molecule has 0 aromatic carbocycles. The van der Waals surface area contributed by atoms with Crippen LogP contribution in [0.15, 0.2) is 0 Å². The predicted molar refractivity (Wildman–Crippen MR) is 85.9 cm³/mol. The van der Waals surface area contributed by atoms with Crippen molar-refractivity contribution in [1.29, 1.82) is 0 Å². The first kappa shape index (κ1) is 13.9. The van der Waals surface area contributed by atoms with Gasteiger partial charge >= 0.3 is 0 Å². The van der Waals surface area contributed by atoms with Gasteiger partial charge in [0.1, 0.15) is 0 Å². The van der Waals surface area contributed by atoms with Gasteiger partial charge in [0.15, 0.2) is 5.78 Å². The Bertz CT molecular complexity index is 527. The third-order valence-electron chi connectivity index (χ3n) is 4.11. The summed E-state index contributed by atoms with van der Waals surface area (Å²) >= 11 is 1.63. The van der Waals surface area contributed by atoms with Gasteiger partial charge in [-0.3, -0.25) is 4.79 Å². The van der Waals surface area contributed by atoms with Crippen molar-refractivity contribution in [2.45, 2.75) is 45.4 Å². The molecule has 0 bridgehead atoms. The lowest BCUT2D eigenvalue weighted by molar-refractivity contribution is 0.0972. The summed E-state index contributed by atoms with van der Waals surface area (Å²) in [5, 5.41) is 1.24. The van der Waals surface area contributed by atoms with Crippen LogP contribution >= 0.6 is 11.3 Å². The molecule has 1 heterocycles. The second-order valence-corrected chi connectivity index (χ2v) is 7.75. The molecular formula is C16H24N2OS. The number of ketones is 1. The number of hydrogen-bond donors (Lipinski definition) is 1. The monoisotopic (exact) mass is 292 g/mol. The molecule has 2 N–H and O–H groups in total. The zero-order valence-electron chi connectivity index (χ0n) is 12.6. The molecule has 0 saturated heterocycles. The second-order valence-electron chi connectivity index (χ2n) is 6.75. The molecule has 2 saturated carbocycles. The van der Waals surface area contributed by atoms with Gasteiger partial charge in [0.25, 0.3) is 0 Å². The summed E-state index contributed by atoms with van der Waals surface area (Å²) in [6.45, 7) is 5.46. The van der Waals surface area contributed by atoms with E-state index in [0.717, 1.165) is 30.0 Å². The molecular weight excluding hydrogens is 268 g/mol. The highest BCUT2D eigenvalue weighted by atomic mass is 32.1. The fourth-order valence-corrected chi connectivity index (χ4v) is 4.14. The van der Waals surface area contributed by atoms with E-state index >= 15 is 0 Å². The highest BCUT2D eigenvalue weighted by Crippen LogP contribution is 2.53. The van der Waals surface area contributed by atoms with Crippen LogP contribution in [0.25, 0.3) is 0 Å². The van der Waals surface area contributed by atoms with E-state index in [-0.39, 0.29) is 5.92 Å². The lowest BCUT2D eigenvalue weighted by Crippen LogP contribution is -2.22. The van der Waals surface area contributed by atoms with Crippen molar-refractivity contribution in [3.63, 3.8) is 0 Å². The zero-order valence-corrected chi connectivity index (χ0v) is 13.4. The lowest BCUT2D eigenvalue weighted by atomic mass is 10.1.